The highest BCUT2D eigenvalue weighted by Crippen LogP contribution is 2.22. The van der Waals surface area contributed by atoms with E-state index in [0.29, 0.717) is 0 Å². The van der Waals surface area contributed by atoms with E-state index in [1.54, 1.807) is 0 Å². The summed E-state index contributed by atoms with van der Waals surface area (Å²) in [5.74, 6) is 0. The molecule has 0 saturated carbocycles. The van der Waals surface area contributed by atoms with E-state index in [4.69, 9.17) is 0 Å². The maximum Gasteiger partial charge on any atom is 0.0943 e. The van der Waals surface area contributed by atoms with E-state index in [0.717, 1.165) is 18.4 Å². The third kappa shape index (κ3) is 4.30. The molecule has 3 unspecified atom stereocenters. The fraction of sp³-hybridized carbons (Fsp3) is 0.625. The Kier molecular flexibility index (Phi) is 6.49. The molecule has 0 aliphatic rings. The lowest BCUT2D eigenvalue weighted by molar-refractivity contribution is 0.109. The van der Waals surface area contributed by atoms with Gasteiger partial charge < -0.3 is 15.5 Å². The molecule has 1 rings (SSSR count). The maximum atomic E-state index is 10.5. The van der Waals surface area contributed by atoms with E-state index in [-0.39, 0.29) is 18.7 Å². The van der Waals surface area contributed by atoms with Gasteiger partial charge >= 0.3 is 0 Å². The van der Waals surface area contributed by atoms with Gasteiger partial charge in [0.1, 0.15) is 0 Å². The number of hydrogen-bond acceptors (Lipinski definition) is 3. The summed E-state index contributed by atoms with van der Waals surface area (Å²) < 4.78 is 0. The van der Waals surface area contributed by atoms with Gasteiger partial charge in [0, 0.05) is 12.1 Å². The lowest BCUT2D eigenvalue weighted by Gasteiger charge is -2.27. The minimum Gasteiger partial charge on any atom is -0.395 e. The molecule has 0 aliphatic heterocycles. The molecule has 0 bridgehead atoms. The summed E-state index contributed by atoms with van der Waals surface area (Å²) in [7, 11) is 0. The van der Waals surface area contributed by atoms with Crippen molar-refractivity contribution in [3.8, 4) is 0 Å². The number of hydrogen-bond donors (Lipinski definition) is 3. The van der Waals surface area contributed by atoms with Crippen LogP contribution in [-0.4, -0.2) is 28.9 Å². The minimum atomic E-state index is -0.537. The first-order valence-corrected chi connectivity index (χ1v) is 7.15. The first-order valence-electron chi connectivity index (χ1n) is 7.15. The quantitative estimate of drug-likeness (QED) is 0.710. The van der Waals surface area contributed by atoms with Crippen LogP contribution in [0.4, 0.5) is 0 Å². The molecule has 0 spiro atoms. The topological polar surface area (TPSA) is 52.5 Å². The number of nitrogens with one attached hydrogen (secondary N) is 1. The van der Waals surface area contributed by atoms with Crippen LogP contribution in [0.2, 0.25) is 0 Å². The molecule has 3 N–H and O–H groups in total. The van der Waals surface area contributed by atoms with E-state index >= 15 is 0 Å². The van der Waals surface area contributed by atoms with Gasteiger partial charge in [0.2, 0.25) is 0 Å². The Balaban J connectivity index is 2.82. The van der Waals surface area contributed by atoms with Crippen molar-refractivity contribution >= 4 is 0 Å². The molecule has 1 aromatic carbocycles. The van der Waals surface area contributed by atoms with Gasteiger partial charge in [-0.3, -0.25) is 0 Å². The first kappa shape index (κ1) is 16.2. The normalized spacial score (nSPS) is 16.1. The monoisotopic (exact) mass is 265 g/mol. The fourth-order valence-electron chi connectivity index (χ4n) is 2.22. The Hall–Kier alpha value is -0.900. The summed E-state index contributed by atoms with van der Waals surface area (Å²) >= 11 is 0. The molecule has 3 atom stereocenters. The summed E-state index contributed by atoms with van der Waals surface area (Å²) in [5.41, 5.74) is 3.37. The van der Waals surface area contributed by atoms with Crippen molar-refractivity contribution in [3.05, 3.63) is 34.9 Å². The van der Waals surface area contributed by atoms with Gasteiger partial charge in [-0.15, -0.1) is 0 Å². The molecule has 0 amide bonds. The number of benzene rings is 1. The molecule has 1 aromatic rings. The highest BCUT2D eigenvalue weighted by atomic mass is 16.3. The summed E-state index contributed by atoms with van der Waals surface area (Å²) in [4.78, 5) is 0. The van der Waals surface area contributed by atoms with E-state index in [1.807, 2.05) is 32.0 Å². The zero-order valence-electron chi connectivity index (χ0n) is 12.5. The standard InChI is InChI=1S/C16H27NO2/c1-5-14(10-18)17-15(6-2)16(19)13-8-7-11(3)12(4)9-13/h7-9,14-19H,5-6,10H2,1-4H3. The second-order valence-corrected chi connectivity index (χ2v) is 5.26. The summed E-state index contributed by atoms with van der Waals surface area (Å²) in [6.45, 7) is 8.31. The lowest BCUT2D eigenvalue weighted by atomic mass is 9.96. The van der Waals surface area contributed by atoms with Crippen LogP contribution in [0.15, 0.2) is 18.2 Å². The Bertz CT molecular complexity index is 388. The largest absolute Gasteiger partial charge is 0.395 e. The van der Waals surface area contributed by atoms with Crippen molar-refractivity contribution in [1.29, 1.82) is 0 Å². The molecule has 0 aromatic heterocycles. The van der Waals surface area contributed by atoms with Crippen molar-refractivity contribution in [2.75, 3.05) is 6.61 Å². The predicted octanol–water partition coefficient (Wildman–Crippen LogP) is 2.48. The van der Waals surface area contributed by atoms with Crippen LogP contribution in [0.1, 0.15) is 49.5 Å². The molecule has 0 saturated heterocycles. The van der Waals surface area contributed by atoms with Crippen LogP contribution in [0.3, 0.4) is 0 Å². The van der Waals surface area contributed by atoms with E-state index in [2.05, 4.69) is 19.2 Å². The molecule has 3 nitrogen and oxygen atoms in total. The van der Waals surface area contributed by atoms with Crippen LogP contribution < -0.4 is 5.32 Å². The minimum absolute atomic E-state index is 0.0285. The zero-order chi connectivity index (χ0) is 14.4. The van der Waals surface area contributed by atoms with Crippen molar-refractivity contribution in [2.45, 2.75) is 58.7 Å². The molecule has 19 heavy (non-hydrogen) atoms. The molecular formula is C16H27NO2. The van der Waals surface area contributed by atoms with Crippen molar-refractivity contribution < 1.29 is 10.2 Å². The van der Waals surface area contributed by atoms with Crippen molar-refractivity contribution in [2.24, 2.45) is 0 Å². The maximum absolute atomic E-state index is 10.5. The predicted molar refractivity (Wildman–Crippen MR) is 79.3 cm³/mol. The summed E-state index contributed by atoms with van der Waals surface area (Å²) in [6.07, 6.45) is 1.14. The molecule has 108 valence electrons. The average molecular weight is 265 g/mol. The van der Waals surface area contributed by atoms with Gasteiger partial charge in [0.25, 0.3) is 0 Å². The zero-order valence-corrected chi connectivity index (χ0v) is 12.5. The Morgan fingerprint density at radius 1 is 1.11 bits per heavy atom. The molecular weight excluding hydrogens is 238 g/mol. The Labute approximate surface area is 116 Å². The Morgan fingerprint density at radius 2 is 1.79 bits per heavy atom. The van der Waals surface area contributed by atoms with Gasteiger partial charge in [0.05, 0.1) is 12.7 Å². The third-order valence-corrected chi connectivity index (χ3v) is 3.86. The van der Waals surface area contributed by atoms with Crippen LogP contribution in [0, 0.1) is 13.8 Å². The fourth-order valence-corrected chi connectivity index (χ4v) is 2.22. The second-order valence-electron chi connectivity index (χ2n) is 5.26. The van der Waals surface area contributed by atoms with Gasteiger partial charge in [-0.2, -0.15) is 0 Å². The second kappa shape index (κ2) is 7.63. The highest BCUT2D eigenvalue weighted by molar-refractivity contribution is 5.31. The molecule has 0 fully saturated rings. The van der Waals surface area contributed by atoms with E-state index < -0.39 is 6.10 Å². The number of aliphatic hydroxyl groups is 2. The van der Waals surface area contributed by atoms with Crippen LogP contribution in [0.25, 0.3) is 0 Å². The van der Waals surface area contributed by atoms with Crippen LogP contribution in [0.5, 0.6) is 0 Å². The van der Waals surface area contributed by atoms with Crippen molar-refractivity contribution in [1.82, 2.24) is 5.32 Å². The van der Waals surface area contributed by atoms with Gasteiger partial charge in [0.15, 0.2) is 0 Å². The SMILES string of the molecule is CCC(CO)NC(CC)C(O)c1ccc(C)c(C)c1. The van der Waals surface area contributed by atoms with Crippen LogP contribution >= 0.6 is 0 Å². The molecule has 0 heterocycles. The number of aliphatic hydroxyl groups excluding tert-OH is 2. The summed E-state index contributed by atoms with van der Waals surface area (Å²) in [6, 6.07) is 6.09. The van der Waals surface area contributed by atoms with E-state index in [1.165, 1.54) is 11.1 Å². The third-order valence-electron chi connectivity index (χ3n) is 3.86. The molecule has 0 aliphatic carbocycles. The Morgan fingerprint density at radius 3 is 2.26 bits per heavy atom. The van der Waals surface area contributed by atoms with Crippen molar-refractivity contribution in [3.63, 3.8) is 0 Å². The highest BCUT2D eigenvalue weighted by Gasteiger charge is 2.21. The average Bonchev–Trinajstić information content (AvgIpc) is 2.42. The van der Waals surface area contributed by atoms with E-state index in [9.17, 15) is 10.2 Å². The van der Waals surface area contributed by atoms with Gasteiger partial charge in [-0.1, -0.05) is 32.0 Å². The van der Waals surface area contributed by atoms with Gasteiger partial charge in [-0.25, -0.2) is 0 Å². The molecule has 0 radical (unpaired) electrons. The van der Waals surface area contributed by atoms with Crippen LogP contribution in [-0.2, 0) is 0 Å². The molecule has 3 heteroatoms. The summed E-state index contributed by atoms with van der Waals surface area (Å²) in [5, 5.41) is 23.1. The van der Waals surface area contributed by atoms with Gasteiger partial charge in [-0.05, 0) is 43.4 Å². The first-order chi connectivity index (χ1) is 9.03. The lowest BCUT2D eigenvalue weighted by Crippen LogP contribution is -2.43. The number of rotatable bonds is 7. The smallest absolute Gasteiger partial charge is 0.0943 e. The number of aryl methyl sites for hydroxylation is 2.